The van der Waals surface area contributed by atoms with E-state index in [2.05, 4.69) is 6.07 Å². The van der Waals surface area contributed by atoms with Crippen molar-refractivity contribution < 1.29 is 14.3 Å². The van der Waals surface area contributed by atoms with Crippen molar-refractivity contribution in [2.45, 2.75) is 44.6 Å². The van der Waals surface area contributed by atoms with Gasteiger partial charge in [0.25, 0.3) is 11.8 Å². The molecule has 0 unspecified atom stereocenters. The zero-order valence-electron chi connectivity index (χ0n) is 14.0. The van der Waals surface area contributed by atoms with Gasteiger partial charge in [-0.1, -0.05) is 0 Å². The molecule has 0 spiro atoms. The van der Waals surface area contributed by atoms with Crippen molar-refractivity contribution in [3.05, 3.63) is 21.4 Å². The van der Waals surface area contributed by atoms with Gasteiger partial charge in [-0.2, -0.15) is 0 Å². The summed E-state index contributed by atoms with van der Waals surface area (Å²) in [6, 6.07) is 2.10. The van der Waals surface area contributed by atoms with Crippen LogP contribution in [0.5, 0.6) is 0 Å². The molecule has 5 nitrogen and oxygen atoms in total. The molecule has 24 heavy (non-hydrogen) atoms. The molecule has 130 valence electrons. The van der Waals surface area contributed by atoms with Crippen molar-refractivity contribution >= 4 is 23.2 Å². The summed E-state index contributed by atoms with van der Waals surface area (Å²) in [5, 5.41) is 0. The number of piperazine rings is 1. The molecule has 1 aromatic heterocycles. The summed E-state index contributed by atoms with van der Waals surface area (Å²) in [5.74, 6) is 0.241. The molecule has 0 radical (unpaired) electrons. The number of rotatable bonds is 2. The molecular weight excluding hydrogens is 324 g/mol. The highest BCUT2D eigenvalue weighted by Crippen LogP contribution is 2.30. The molecular formula is C18H24N2O3S. The molecule has 0 saturated carbocycles. The first kappa shape index (κ1) is 16.1. The summed E-state index contributed by atoms with van der Waals surface area (Å²) in [6.07, 6.45) is 6.26. The van der Waals surface area contributed by atoms with Crippen molar-refractivity contribution in [2.75, 3.05) is 32.8 Å². The van der Waals surface area contributed by atoms with Crippen LogP contribution in [0.2, 0.25) is 0 Å². The zero-order chi connectivity index (χ0) is 16.5. The summed E-state index contributed by atoms with van der Waals surface area (Å²) in [6.45, 7) is 3.18. The van der Waals surface area contributed by atoms with E-state index in [1.165, 1.54) is 23.3 Å². The average molecular weight is 348 g/mol. The molecule has 0 aromatic carbocycles. The van der Waals surface area contributed by atoms with Crippen LogP contribution in [0.3, 0.4) is 0 Å². The second-order valence-corrected chi connectivity index (χ2v) is 8.02. The number of fused-ring (bicyclic) bond motifs is 1. The van der Waals surface area contributed by atoms with Crippen LogP contribution in [-0.2, 0) is 22.4 Å². The van der Waals surface area contributed by atoms with Crippen LogP contribution in [0.15, 0.2) is 6.07 Å². The number of aryl methyl sites for hydroxylation is 2. The monoisotopic (exact) mass is 348 g/mol. The molecule has 6 heteroatoms. The number of ether oxygens (including phenoxy) is 1. The maximum Gasteiger partial charge on any atom is 0.264 e. The van der Waals surface area contributed by atoms with Crippen LogP contribution in [0, 0.1) is 0 Å². The Labute approximate surface area is 146 Å². The molecule has 1 aromatic rings. The molecule has 2 fully saturated rings. The normalized spacial score (nSPS) is 24.1. The third-order valence-electron chi connectivity index (χ3n) is 5.29. The fourth-order valence-corrected chi connectivity index (χ4v) is 5.08. The number of nitrogens with zero attached hydrogens (tertiary/aromatic N) is 2. The lowest BCUT2D eigenvalue weighted by atomic mass is 9.99. The van der Waals surface area contributed by atoms with Gasteiger partial charge in [-0.25, -0.2) is 0 Å². The average Bonchev–Trinajstić information content (AvgIpc) is 3.30. The van der Waals surface area contributed by atoms with Crippen LogP contribution in [0.1, 0.15) is 45.8 Å². The Bertz CT molecular complexity index is 605. The van der Waals surface area contributed by atoms with Crippen molar-refractivity contribution in [1.29, 1.82) is 0 Å². The van der Waals surface area contributed by atoms with Gasteiger partial charge in [0.05, 0.1) is 4.88 Å². The van der Waals surface area contributed by atoms with Crippen LogP contribution in [-0.4, -0.2) is 60.5 Å². The number of carbonyl (C=O) groups excluding carboxylic acids is 2. The minimum Gasteiger partial charge on any atom is -0.368 e. The highest BCUT2D eigenvalue weighted by atomic mass is 32.1. The Morgan fingerprint density at radius 3 is 2.50 bits per heavy atom. The van der Waals surface area contributed by atoms with Crippen molar-refractivity contribution in [3.63, 3.8) is 0 Å². The lowest BCUT2D eigenvalue weighted by Gasteiger charge is -2.35. The van der Waals surface area contributed by atoms with Crippen molar-refractivity contribution in [2.24, 2.45) is 0 Å². The predicted molar refractivity (Wildman–Crippen MR) is 92.4 cm³/mol. The fraction of sp³-hybridized carbons (Fsp3) is 0.667. The molecule has 1 atom stereocenters. The number of hydrogen-bond acceptors (Lipinski definition) is 4. The lowest BCUT2D eigenvalue weighted by Crippen LogP contribution is -2.52. The molecule has 4 rings (SSSR count). The number of thiophene rings is 1. The van der Waals surface area contributed by atoms with Gasteiger partial charge < -0.3 is 14.5 Å². The maximum atomic E-state index is 12.8. The van der Waals surface area contributed by atoms with E-state index in [9.17, 15) is 9.59 Å². The fourth-order valence-electron chi connectivity index (χ4n) is 3.86. The van der Waals surface area contributed by atoms with Gasteiger partial charge >= 0.3 is 0 Å². The third-order valence-corrected chi connectivity index (χ3v) is 6.52. The summed E-state index contributed by atoms with van der Waals surface area (Å²) in [7, 11) is 0. The van der Waals surface area contributed by atoms with E-state index in [1.807, 2.05) is 9.80 Å². The Hall–Kier alpha value is -1.40. The standard InChI is InChI=1S/C18H24N2O3S/c21-17(14-5-3-11-23-14)19-7-9-20(10-8-19)18(22)16-12-13-4-1-2-6-15(13)24-16/h12,14H,1-11H2/t14-/m0/s1. The van der Waals surface area contributed by atoms with E-state index in [0.717, 1.165) is 30.6 Å². The molecule has 0 bridgehead atoms. The van der Waals surface area contributed by atoms with E-state index >= 15 is 0 Å². The minimum atomic E-state index is -0.253. The molecule has 2 saturated heterocycles. The molecule has 3 aliphatic rings. The van der Waals surface area contributed by atoms with Gasteiger partial charge in [-0.05, 0) is 50.2 Å². The van der Waals surface area contributed by atoms with Gasteiger partial charge in [0.2, 0.25) is 0 Å². The first-order chi connectivity index (χ1) is 11.7. The smallest absolute Gasteiger partial charge is 0.264 e. The van der Waals surface area contributed by atoms with Gasteiger partial charge in [-0.15, -0.1) is 11.3 Å². The molecule has 3 heterocycles. The second-order valence-electron chi connectivity index (χ2n) is 6.89. The summed E-state index contributed by atoms with van der Waals surface area (Å²) < 4.78 is 5.49. The first-order valence-electron chi connectivity index (χ1n) is 9.03. The number of carbonyl (C=O) groups is 2. The van der Waals surface area contributed by atoms with Crippen molar-refractivity contribution in [3.8, 4) is 0 Å². The second kappa shape index (κ2) is 6.84. The van der Waals surface area contributed by atoms with Crippen LogP contribution >= 0.6 is 11.3 Å². The Morgan fingerprint density at radius 1 is 1.04 bits per heavy atom. The quantitative estimate of drug-likeness (QED) is 0.822. The van der Waals surface area contributed by atoms with Gasteiger partial charge in [0, 0.05) is 37.7 Å². The zero-order valence-corrected chi connectivity index (χ0v) is 14.8. The van der Waals surface area contributed by atoms with Gasteiger partial charge in [0.1, 0.15) is 6.10 Å². The maximum absolute atomic E-state index is 12.8. The Morgan fingerprint density at radius 2 is 1.79 bits per heavy atom. The van der Waals surface area contributed by atoms with Crippen LogP contribution < -0.4 is 0 Å². The lowest BCUT2D eigenvalue weighted by molar-refractivity contribution is -0.142. The summed E-state index contributed by atoms with van der Waals surface area (Å²) in [4.78, 5) is 31.2. The van der Waals surface area contributed by atoms with E-state index in [0.29, 0.717) is 32.8 Å². The first-order valence-corrected chi connectivity index (χ1v) is 9.85. The topological polar surface area (TPSA) is 49.9 Å². The SMILES string of the molecule is O=C(c1cc2c(s1)CCCC2)N1CCN(C(=O)[C@@H]2CCCO2)CC1. The largest absolute Gasteiger partial charge is 0.368 e. The van der Waals surface area contributed by atoms with E-state index in [4.69, 9.17) is 4.74 Å². The third kappa shape index (κ3) is 3.09. The highest BCUT2D eigenvalue weighted by Gasteiger charge is 2.32. The Balaban J connectivity index is 1.36. The van der Waals surface area contributed by atoms with E-state index < -0.39 is 0 Å². The highest BCUT2D eigenvalue weighted by molar-refractivity contribution is 7.14. The van der Waals surface area contributed by atoms with Crippen molar-refractivity contribution in [1.82, 2.24) is 9.80 Å². The Kier molecular flexibility index (Phi) is 4.59. The molecule has 0 N–H and O–H groups in total. The number of hydrogen-bond donors (Lipinski definition) is 0. The van der Waals surface area contributed by atoms with Gasteiger partial charge in [0.15, 0.2) is 0 Å². The van der Waals surface area contributed by atoms with Crippen LogP contribution in [0.25, 0.3) is 0 Å². The molecule has 2 aliphatic heterocycles. The predicted octanol–water partition coefficient (Wildman–Crippen LogP) is 2.09. The van der Waals surface area contributed by atoms with Crippen LogP contribution in [0.4, 0.5) is 0 Å². The molecule has 2 amide bonds. The summed E-state index contributed by atoms with van der Waals surface area (Å²) in [5.41, 5.74) is 1.38. The minimum absolute atomic E-state index is 0.103. The van der Waals surface area contributed by atoms with E-state index in [-0.39, 0.29) is 17.9 Å². The number of amides is 2. The summed E-state index contributed by atoms with van der Waals surface area (Å²) >= 11 is 1.67. The van der Waals surface area contributed by atoms with E-state index in [1.54, 1.807) is 11.3 Å². The van der Waals surface area contributed by atoms with Gasteiger partial charge in [-0.3, -0.25) is 9.59 Å². The molecule has 1 aliphatic carbocycles.